The second-order valence-electron chi connectivity index (χ2n) is 15.4. The molecule has 9 N–H and O–H groups in total. The molecule has 1 unspecified atom stereocenters. The molecule has 1 atom stereocenters. The number of nitrogens with one attached hydrogen (secondary N) is 7. The number of hydrogen-bond acceptors (Lipinski definition) is 12. The van der Waals surface area contributed by atoms with Crippen LogP contribution in [0.2, 0.25) is 0 Å². The van der Waals surface area contributed by atoms with Gasteiger partial charge in [0.05, 0.1) is 18.0 Å². The Hall–Kier alpha value is -5.94. The van der Waals surface area contributed by atoms with E-state index in [0.717, 1.165) is 12.8 Å². The maximum Gasteiger partial charge on any atom is 0.407 e. The number of anilines is 2. The molecule has 58 heavy (non-hydrogen) atoms. The van der Waals surface area contributed by atoms with Crippen molar-refractivity contribution < 1.29 is 33.4 Å². The van der Waals surface area contributed by atoms with Crippen molar-refractivity contribution in [3.05, 3.63) is 58.0 Å². The summed E-state index contributed by atoms with van der Waals surface area (Å²) in [7, 11) is 0. The summed E-state index contributed by atoms with van der Waals surface area (Å²) >= 11 is 0. The minimum Gasteiger partial charge on any atom is -0.444 e. The number of hydrogen-bond donors (Lipinski definition) is 8. The van der Waals surface area contributed by atoms with Gasteiger partial charge in [-0.3, -0.25) is 24.2 Å². The Kier molecular flexibility index (Phi) is 19.9. The lowest BCUT2D eigenvalue weighted by molar-refractivity contribution is -0.124. The Labute approximate surface area is 340 Å². The highest BCUT2D eigenvalue weighted by Gasteiger charge is 2.23. The number of unbranched alkanes of at least 4 members (excludes halogenated alkanes) is 1. The van der Waals surface area contributed by atoms with Gasteiger partial charge in [0.1, 0.15) is 22.9 Å². The maximum absolute atomic E-state index is 13.4. The second kappa shape index (κ2) is 24.0. The Bertz CT molecular complexity index is 1790. The quantitative estimate of drug-likeness (QED) is 0.0656. The Morgan fingerprint density at radius 3 is 2.00 bits per heavy atom. The first-order chi connectivity index (χ1) is 27.3. The summed E-state index contributed by atoms with van der Waals surface area (Å²) in [5.74, 6) is -1.35. The van der Waals surface area contributed by atoms with E-state index in [0.29, 0.717) is 36.5 Å². The first kappa shape index (κ1) is 48.2. The summed E-state index contributed by atoms with van der Waals surface area (Å²) in [6.45, 7) is 15.5. The summed E-state index contributed by atoms with van der Waals surface area (Å²) < 4.78 is 10.4. The number of aromatic nitrogens is 2. The van der Waals surface area contributed by atoms with Crippen molar-refractivity contribution in [3.8, 4) is 0 Å². The van der Waals surface area contributed by atoms with E-state index in [-0.39, 0.29) is 62.1 Å². The normalized spacial score (nSPS) is 12.3. The van der Waals surface area contributed by atoms with E-state index in [9.17, 15) is 28.8 Å². The molecule has 2 aromatic rings. The highest BCUT2D eigenvalue weighted by molar-refractivity contribution is 6.00. The van der Waals surface area contributed by atoms with Crippen LogP contribution in [0.25, 0.3) is 0 Å². The number of carbonyl (C=O) groups is 5. The van der Waals surface area contributed by atoms with Gasteiger partial charge in [-0.25, -0.2) is 19.6 Å². The fourth-order valence-corrected chi connectivity index (χ4v) is 4.95. The largest absolute Gasteiger partial charge is 0.444 e. The molecule has 0 aliphatic heterocycles. The van der Waals surface area contributed by atoms with Crippen LogP contribution in [0.3, 0.4) is 0 Å². The van der Waals surface area contributed by atoms with Crippen molar-refractivity contribution in [3.63, 3.8) is 0 Å². The van der Waals surface area contributed by atoms with Crippen LogP contribution in [-0.2, 0) is 19.1 Å². The molecule has 2 rings (SSSR count). The van der Waals surface area contributed by atoms with Gasteiger partial charge in [0.25, 0.3) is 11.5 Å². The molecule has 0 saturated heterocycles. The summed E-state index contributed by atoms with van der Waals surface area (Å²) in [6.07, 6.45) is 5.23. The van der Waals surface area contributed by atoms with E-state index < -0.39 is 46.8 Å². The fraction of sp³-hybridized carbons (Fsp3) is 0.550. The average Bonchev–Trinajstić information content (AvgIpc) is 3.11. The second-order valence-corrected chi connectivity index (χ2v) is 15.4. The van der Waals surface area contributed by atoms with Gasteiger partial charge in [-0.1, -0.05) is 19.4 Å². The Morgan fingerprint density at radius 2 is 1.45 bits per heavy atom. The number of amides is 5. The number of benzene rings is 1. The number of aromatic amines is 1. The number of allylic oxidation sites excluding steroid dienone is 1. The van der Waals surface area contributed by atoms with E-state index >= 15 is 0 Å². The molecule has 320 valence electrons. The zero-order chi connectivity index (χ0) is 43.3. The van der Waals surface area contributed by atoms with Crippen LogP contribution < -0.4 is 43.2 Å². The van der Waals surface area contributed by atoms with Gasteiger partial charge in [0.2, 0.25) is 17.8 Å². The number of aryl methyl sites for hydroxylation is 1. The number of alkyl carbamates (subject to hydrolysis) is 2. The summed E-state index contributed by atoms with van der Waals surface area (Å²) in [4.78, 5) is 86.7. The molecule has 0 aliphatic rings. The molecule has 1 heterocycles. The van der Waals surface area contributed by atoms with Gasteiger partial charge < -0.3 is 47.1 Å². The van der Waals surface area contributed by atoms with E-state index in [1.807, 2.05) is 12.2 Å². The predicted molar refractivity (Wildman–Crippen MR) is 224 cm³/mol. The van der Waals surface area contributed by atoms with Crippen LogP contribution in [-0.4, -0.2) is 95.6 Å². The van der Waals surface area contributed by atoms with Crippen molar-refractivity contribution >= 4 is 52.9 Å². The van der Waals surface area contributed by atoms with Crippen molar-refractivity contribution in [1.29, 1.82) is 0 Å². The van der Waals surface area contributed by atoms with Gasteiger partial charge in [-0.05, 0) is 104 Å². The molecule has 18 heteroatoms. The molecule has 18 nitrogen and oxygen atoms in total. The van der Waals surface area contributed by atoms with Gasteiger partial charge >= 0.3 is 12.2 Å². The maximum atomic E-state index is 13.4. The molecular formula is C40H62N10O8. The van der Waals surface area contributed by atoms with Gasteiger partial charge in [-0.15, -0.1) is 0 Å². The van der Waals surface area contributed by atoms with Crippen LogP contribution >= 0.6 is 0 Å². The number of carbonyl (C=O) groups excluding carboxylic acids is 5. The smallest absolute Gasteiger partial charge is 0.407 e. The number of H-pyrrole nitrogens is 1. The van der Waals surface area contributed by atoms with Crippen LogP contribution in [0.4, 0.5) is 26.9 Å². The van der Waals surface area contributed by atoms with Crippen molar-refractivity contribution in [1.82, 2.24) is 36.6 Å². The Balaban J connectivity index is 2.05. The van der Waals surface area contributed by atoms with Crippen LogP contribution in [0.15, 0.2) is 46.2 Å². The van der Waals surface area contributed by atoms with Crippen molar-refractivity contribution in [2.24, 2.45) is 4.99 Å². The molecular weight excluding hydrogens is 749 g/mol. The minimum absolute atomic E-state index is 0.00658. The summed E-state index contributed by atoms with van der Waals surface area (Å²) in [5.41, 5.74) is 6.00. The molecule has 0 aliphatic carbocycles. The third-order valence-electron chi connectivity index (χ3n) is 7.68. The number of nitrogens with two attached hydrogens (primary N) is 1. The monoisotopic (exact) mass is 810 g/mol. The fourth-order valence-electron chi connectivity index (χ4n) is 4.95. The molecule has 0 saturated carbocycles. The Morgan fingerprint density at radius 1 is 0.879 bits per heavy atom. The lowest BCUT2D eigenvalue weighted by atomic mass is 10.1. The van der Waals surface area contributed by atoms with E-state index in [1.165, 1.54) is 0 Å². The predicted octanol–water partition coefficient (Wildman–Crippen LogP) is 4.14. The number of nitrogen functional groups attached to an aromatic ring is 1. The first-order valence-electron chi connectivity index (χ1n) is 19.5. The molecule has 0 bridgehead atoms. The topological polar surface area (TPSA) is 260 Å². The van der Waals surface area contributed by atoms with Crippen molar-refractivity contribution in [2.45, 2.75) is 111 Å². The lowest BCUT2D eigenvalue weighted by Crippen LogP contribution is -2.47. The third-order valence-corrected chi connectivity index (χ3v) is 7.68. The standard InChI is InChI=1S/C40H62N10O8/c1-9-10-11-14-29(48-32-26(2)47-36(41)50-35(32)54)25-46-28-17-15-27(16-18-28)33(52)49-30(34(53)43-22-13-24-45-38(56)58-40(6,7)8)19-20-31(51)42-21-12-23-44-37(55)57-39(3,4)5/h11,14-18,30,46H,9-10,12-13,19-25H2,1-8H3,(H,42,51)(H,43,53)(H,44,55)(H,45,56)(H,49,52)(H3,41,47,50,54)/b14-11+,48-29?. The SMILES string of the molecule is CCC/C=C/C(CNc1ccc(C(=O)NC(CCC(=O)NCCCNC(=O)OC(C)(C)C)C(=O)NCCCNC(=O)OC(C)(C)C)cc1)=Nc1c(C)nc(N)[nH]c1=O. The highest BCUT2D eigenvalue weighted by Crippen LogP contribution is 2.14. The highest BCUT2D eigenvalue weighted by atomic mass is 16.6. The van der Waals surface area contributed by atoms with Gasteiger partial charge in [0.15, 0.2) is 0 Å². The van der Waals surface area contributed by atoms with E-state index in [1.54, 1.807) is 72.7 Å². The molecule has 1 aromatic heterocycles. The first-order valence-corrected chi connectivity index (χ1v) is 19.5. The van der Waals surface area contributed by atoms with Gasteiger partial charge in [-0.2, -0.15) is 0 Å². The van der Waals surface area contributed by atoms with Crippen molar-refractivity contribution in [2.75, 3.05) is 43.8 Å². The van der Waals surface area contributed by atoms with E-state index in [4.69, 9.17) is 15.2 Å². The average molecular weight is 811 g/mol. The molecule has 0 spiro atoms. The number of nitrogens with zero attached hydrogens (tertiary/aromatic N) is 2. The zero-order valence-corrected chi connectivity index (χ0v) is 35.1. The lowest BCUT2D eigenvalue weighted by Gasteiger charge is -2.20. The van der Waals surface area contributed by atoms with Gasteiger partial charge in [0, 0.05) is 43.9 Å². The third kappa shape index (κ3) is 20.3. The van der Waals surface area contributed by atoms with E-state index in [2.05, 4.69) is 53.8 Å². The molecule has 5 amide bonds. The molecule has 0 fully saturated rings. The van der Waals surface area contributed by atoms with Crippen LogP contribution in [0.5, 0.6) is 0 Å². The summed E-state index contributed by atoms with van der Waals surface area (Å²) in [6, 6.07) is 5.53. The van der Waals surface area contributed by atoms with Crippen LogP contribution in [0, 0.1) is 6.92 Å². The number of aliphatic imine (C=N–C) groups is 1. The number of ether oxygens (including phenoxy) is 2. The zero-order valence-electron chi connectivity index (χ0n) is 35.1. The van der Waals surface area contributed by atoms with Crippen LogP contribution in [0.1, 0.15) is 103 Å². The minimum atomic E-state index is -1.05. The number of rotatable bonds is 21. The molecule has 0 radical (unpaired) electrons. The molecule has 1 aromatic carbocycles. The summed E-state index contributed by atoms with van der Waals surface area (Å²) in [5, 5.41) is 16.8.